The molecule has 0 fully saturated rings. The predicted octanol–water partition coefficient (Wildman–Crippen LogP) is 2.41. The lowest BCUT2D eigenvalue weighted by Crippen LogP contribution is -2.20. The monoisotopic (exact) mass is 227 g/mol. The van der Waals surface area contributed by atoms with Gasteiger partial charge in [0.25, 0.3) is 0 Å². The molecule has 0 aliphatic carbocycles. The molecule has 1 unspecified atom stereocenters. The first-order valence-corrected chi connectivity index (χ1v) is 5.69. The van der Waals surface area contributed by atoms with E-state index in [1.807, 2.05) is 30.3 Å². The third-order valence-electron chi connectivity index (χ3n) is 2.85. The SMILES string of the molecule is c1cnnc(NC2CCOc3ccccc32)c1. The van der Waals surface area contributed by atoms with E-state index in [4.69, 9.17) is 4.74 Å². The van der Waals surface area contributed by atoms with Crippen molar-refractivity contribution in [2.75, 3.05) is 11.9 Å². The molecular formula is C13H13N3O. The fraction of sp³-hybridized carbons (Fsp3) is 0.231. The molecule has 1 atom stereocenters. The molecule has 0 spiro atoms. The Morgan fingerprint density at radius 2 is 2.12 bits per heavy atom. The van der Waals surface area contributed by atoms with E-state index < -0.39 is 0 Å². The molecule has 1 aromatic carbocycles. The molecule has 0 bridgehead atoms. The van der Waals surface area contributed by atoms with Gasteiger partial charge in [-0.3, -0.25) is 0 Å². The molecule has 3 rings (SSSR count). The molecule has 4 nitrogen and oxygen atoms in total. The van der Waals surface area contributed by atoms with Crippen molar-refractivity contribution < 1.29 is 4.74 Å². The Morgan fingerprint density at radius 3 is 3.00 bits per heavy atom. The summed E-state index contributed by atoms with van der Waals surface area (Å²) in [7, 11) is 0. The smallest absolute Gasteiger partial charge is 0.149 e. The molecule has 1 aliphatic heterocycles. The van der Waals surface area contributed by atoms with Crippen molar-refractivity contribution in [1.82, 2.24) is 10.2 Å². The third kappa shape index (κ3) is 2.06. The minimum atomic E-state index is 0.247. The second-order valence-corrected chi connectivity index (χ2v) is 3.98. The molecule has 1 N–H and O–H groups in total. The molecule has 86 valence electrons. The first-order chi connectivity index (χ1) is 8.43. The molecule has 2 heterocycles. The lowest BCUT2D eigenvalue weighted by molar-refractivity contribution is 0.274. The van der Waals surface area contributed by atoms with Crippen LogP contribution in [0.25, 0.3) is 0 Å². The van der Waals surface area contributed by atoms with Crippen molar-refractivity contribution in [3.63, 3.8) is 0 Å². The fourth-order valence-corrected chi connectivity index (χ4v) is 2.05. The number of anilines is 1. The summed E-state index contributed by atoms with van der Waals surface area (Å²) in [6.45, 7) is 0.731. The van der Waals surface area contributed by atoms with Gasteiger partial charge in [-0.1, -0.05) is 18.2 Å². The topological polar surface area (TPSA) is 47.0 Å². The van der Waals surface area contributed by atoms with Gasteiger partial charge in [-0.25, -0.2) is 0 Å². The maximum absolute atomic E-state index is 5.62. The second-order valence-electron chi connectivity index (χ2n) is 3.98. The predicted molar refractivity (Wildman–Crippen MR) is 64.9 cm³/mol. The molecule has 0 saturated heterocycles. The maximum Gasteiger partial charge on any atom is 0.149 e. The van der Waals surface area contributed by atoms with Crippen LogP contribution in [0.1, 0.15) is 18.0 Å². The zero-order chi connectivity index (χ0) is 11.5. The Kier molecular flexibility index (Phi) is 2.62. The van der Waals surface area contributed by atoms with Crippen LogP contribution in [0.15, 0.2) is 42.6 Å². The van der Waals surface area contributed by atoms with Crippen LogP contribution in [0, 0.1) is 0 Å². The normalized spacial score (nSPS) is 18.0. The van der Waals surface area contributed by atoms with Crippen molar-refractivity contribution in [3.05, 3.63) is 48.2 Å². The van der Waals surface area contributed by atoms with E-state index in [-0.39, 0.29) is 6.04 Å². The number of aromatic nitrogens is 2. The molecular weight excluding hydrogens is 214 g/mol. The summed E-state index contributed by atoms with van der Waals surface area (Å²) in [5.41, 5.74) is 1.18. The summed E-state index contributed by atoms with van der Waals surface area (Å²) >= 11 is 0. The number of rotatable bonds is 2. The average Bonchev–Trinajstić information content (AvgIpc) is 2.40. The molecule has 0 amide bonds. The van der Waals surface area contributed by atoms with Crippen LogP contribution >= 0.6 is 0 Å². The number of hydrogen-bond donors (Lipinski definition) is 1. The molecule has 0 radical (unpaired) electrons. The van der Waals surface area contributed by atoms with Gasteiger partial charge in [0, 0.05) is 18.2 Å². The van der Waals surface area contributed by atoms with Gasteiger partial charge in [-0.05, 0) is 18.2 Å². The van der Waals surface area contributed by atoms with Crippen LogP contribution in [-0.4, -0.2) is 16.8 Å². The van der Waals surface area contributed by atoms with Crippen LogP contribution in [0.3, 0.4) is 0 Å². The Balaban J connectivity index is 1.86. The van der Waals surface area contributed by atoms with E-state index in [0.29, 0.717) is 0 Å². The second kappa shape index (κ2) is 4.41. The van der Waals surface area contributed by atoms with Crippen molar-refractivity contribution >= 4 is 5.82 Å². The first kappa shape index (κ1) is 10.1. The van der Waals surface area contributed by atoms with Crippen LogP contribution in [0.4, 0.5) is 5.82 Å². The summed E-state index contributed by atoms with van der Waals surface area (Å²) in [6, 6.07) is 12.1. The lowest BCUT2D eigenvalue weighted by atomic mass is 10.0. The number of nitrogens with one attached hydrogen (secondary N) is 1. The van der Waals surface area contributed by atoms with E-state index in [0.717, 1.165) is 24.6 Å². The molecule has 17 heavy (non-hydrogen) atoms. The fourth-order valence-electron chi connectivity index (χ4n) is 2.05. The zero-order valence-electron chi connectivity index (χ0n) is 9.34. The Morgan fingerprint density at radius 1 is 1.18 bits per heavy atom. The summed E-state index contributed by atoms with van der Waals surface area (Å²) in [4.78, 5) is 0. The van der Waals surface area contributed by atoms with Crippen molar-refractivity contribution in [2.24, 2.45) is 0 Å². The Bertz CT molecular complexity index is 501. The highest BCUT2D eigenvalue weighted by Crippen LogP contribution is 2.33. The number of ether oxygens (including phenoxy) is 1. The van der Waals surface area contributed by atoms with Gasteiger partial charge in [0.15, 0.2) is 0 Å². The van der Waals surface area contributed by atoms with Crippen LogP contribution in [0.5, 0.6) is 5.75 Å². The molecule has 2 aromatic rings. The van der Waals surface area contributed by atoms with Gasteiger partial charge < -0.3 is 10.1 Å². The standard InChI is InChI=1S/C13H13N3O/c1-2-5-12-10(4-1)11(7-9-17-12)15-13-6-3-8-14-16-13/h1-6,8,11H,7,9H2,(H,15,16). The number of nitrogens with zero attached hydrogens (tertiary/aromatic N) is 2. The number of benzene rings is 1. The van der Waals surface area contributed by atoms with Gasteiger partial charge in [-0.15, -0.1) is 5.10 Å². The number of hydrogen-bond acceptors (Lipinski definition) is 4. The molecule has 0 saturated carbocycles. The van der Waals surface area contributed by atoms with E-state index in [2.05, 4.69) is 21.6 Å². The largest absolute Gasteiger partial charge is 0.493 e. The Hall–Kier alpha value is -2.10. The highest BCUT2D eigenvalue weighted by Gasteiger charge is 2.20. The maximum atomic E-state index is 5.62. The lowest BCUT2D eigenvalue weighted by Gasteiger charge is -2.26. The molecule has 1 aliphatic rings. The zero-order valence-corrected chi connectivity index (χ0v) is 9.34. The van der Waals surface area contributed by atoms with Crippen LogP contribution in [-0.2, 0) is 0 Å². The van der Waals surface area contributed by atoms with Crippen LogP contribution in [0.2, 0.25) is 0 Å². The highest BCUT2D eigenvalue weighted by atomic mass is 16.5. The molecule has 4 heteroatoms. The minimum absolute atomic E-state index is 0.247. The third-order valence-corrected chi connectivity index (χ3v) is 2.85. The Labute approximate surface area is 99.6 Å². The van der Waals surface area contributed by atoms with E-state index >= 15 is 0 Å². The van der Waals surface area contributed by atoms with Gasteiger partial charge in [-0.2, -0.15) is 5.10 Å². The van der Waals surface area contributed by atoms with Crippen molar-refractivity contribution in [3.8, 4) is 5.75 Å². The summed E-state index contributed by atoms with van der Waals surface area (Å²) in [5, 5.41) is 11.3. The summed E-state index contributed by atoms with van der Waals surface area (Å²) in [6.07, 6.45) is 2.61. The summed E-state index contributed by atoms with van der Waals surface area (Å²) in [5.74, 6) is 1.76. The summed E-state index contributed by atoms with van der Waals surface area (Å²) < 4.78 is 5.62. The van der Waals surface area contributed by atoms with E-state index in [9.17, 15) is 0 Å². The average molecular weight is 227 g/mol. The van der Waals surface area contributed by atoms with Gasteiger partial charge in [0.05, 0.1) is 12.6 Å². The van der Waals surface area contributed by atoms with E-state index in [1.165, 1.54) is 5.56 Å². The minimum Gasteiger partial charge on any atom is -0.493 e. The van der Waals surface area contributed by atoms with Crippen molar-refractivity contribution in [2.45, 2.75) is 12.5 Å². The van der Waals surface area contributed by atoms with Gasteiger partial charge in [0.1, 0.15) is 11.6 Å². The van der Waals surface area contributed by atoms with Crippen molar-refractivity contribution in [1.29, 1.82) is 0 Å². The highest BCUT2D eigenvalue weighted by molar-refractivity contribution is 5.43. The number of fused-ring (bicyclic) bond motifs is 1. The quantitative estimate of drug-likeness (QED) is 0.855. The van der Waals surface area contributed by atoms with Gasteiger partial charge in [0.2, 0.25) is 0 Å². The first-order valence-electron chi connectivity index (χ1n) is 5.69. The van der Waals surface area contributed by atoms with Gasteiger partial charge >= 0.3 is 0 Å². The van der Waals surface area contributed by atoms with Crippen LogP contribution < -0.4 is 10.1 Å². The molecule has 1 aromatic heterocycles. The van der Waals surface area contributed by atoms with E-state index in [1.54, 1.807) is 6.20 Å². The number of para-hydroxylation sites is 1.